The van der Waals surface area contributed by atoms with Gasteiger partial charge in [-0.3, -0.25) is 0 Å². The van der Waals surface area contributed by atoms with Crippen molar-refractivity contribution in [1.29, 1.82) is 0 Å². The van der Waals surface area contributed by atoms with Crippen LogP contribution in [0, 0.1) is 6.92 Å². The molecule has 0 aromatic heterocycles. The predicted molar refractivity (Wildman–Crippen MR) is 25.9 cm³/mol. The largest absolute Gasteiger partial charge is 1.00 e. The SMILES string of the molecule is [CH2-]C(O)CS(=O)(=O)[O-].[Na+].[Na+]. The van der Waals surface area contributed by atoms with Crippen LogP contribution in [-0.2, 0) is 10.1 Å². The number of aliphatic hydroxyl groups excluding tert-OH is 1. The van der Waals surface area contributed by atoms with Gasteiger partial charge in [0.2, 0.25) is 0 Å². The van der Waals surface area contributed by atoms with E-state index in [1.807, 2.05) is 0 Å². The molecule has 7 heteroatoms. The first-order valence-electron chi connectivity index (χ1n) is 1.86. The van der Waals surface area contributed by atoms with Crippen molar-refractivity contribution in [3.63, 3.8) is 0 Å². The van der Waals surface area contributed by atoms with Gasteiger partial charge in [0.1, 0.15) is 0 Å². The summed E-state index contributed by atoms with van der Waals surface area (Å²) in [6.45, 7) is 2.90. The number of aliphatic hydroxyl groups is 1. The van der Waals surface area contributed by atoms with E-state index in [9.17, 15) is 13.0 Å². The van der Waals surface area contributed by atoms with Crippen molar-refractivity contribution in [2.75, 3.05) is 5.75 Å². The second-order valence-electron chi connectivity index (χ2n) is 1.38. The molecule has 0 radical (unpaired) electrons. The van der Waals surface area contributed by atoms with E-state index in [1.54, 1.807) is 0 Å². The average Bonchev–Trinajstić information content (AvgIpc) is 1.21. The van der Waals surface area contributed by atoms with Gasteiger partial charge in [-0.1, -0.05) is 6.10 Å². The van der Waals surface area contributed by atoms with Crippen LogP contribution in [0.4, 0.5) is 0 Å². The number of rotatable bonds is 2. The second-order valence-corrected chi connectivity index (χ2v) is 2.83. The summed E-state index contributed by atoms with van der Waals surface area (Å²) in [6, 6.07) is 0. The molecule has 0 saturated heterocycles. The first-order chi connectivity index (χ1) is 3.42. The van der Waals surface area contributed by atoms with Crippen LogP contribution in [0.15, 0.2) is 0 Å². The molecule has 0 heterocycles. The number of hydrogen-bond donors (Lipinski definition) is 1. The molecule has 0 saturated carbocycles. The molecule has 1 N–H and O–H groups in total. The Labute approximate surface area is 105 Å². The fraction of sp³-hybridized carbons (Fsp3) is 0.667. The van der Waals surface area contributed by atoms with Crippen LogP contribution in [0.5, 0.6) is 0 Å². The van der Waals surface area contributed by atoms with Crippen LogP contribution in [0.1, 0.15) is 0 Å². The van der Waals surface area contributed by atoms with Gasteiger partial charge in [0.05, 0.1) is 10.1 Å². The van der Waals surface area contributed by atoms with Crippen molar-refractivity contribution in [2.24, 2.45) is 0 Å². The normalized spacial score (nSPS) is 12.7. The Morgan fingerprint density at radius 2 is 1.80 bits per heavy atom. The van der Waals surface area contributed by atoms with Crippen molar-refractivity contribution in [2.45, 2.75) is 6.10 Å². The molecule has 0 fully saturated rings. The van der Waals surface area contributed by atoms with Crippen LogP contribution in [0.2, 0.25) is 0 Å². The van der Waals surface area contributed by atoms with Crippen molar-refractivity contribution >= 4 is 10.1 Å². The van der Waals surface area contributed by atoms with Crippen LogP contribution in [0.3, 0.4) is 0 Å². The molecule has 0 spiro atoms. The van der Waals surface area contributed by atoms with Crippen LogP contribution in [0.25, 0.3) is 0 Å². The standard InChI is InChI=1S/C3H7O4S.2Na/c1-3(4)2-8(5,6)7;;/h3-4H,1-2H2,(H,5,6,7);;/q-1;2*+1/p-1. The van der Waals surface area contributed by atoms with E-state index >= 15 is 0 Å². The average molecular weight is 184 g/mol. The van der Waals surface area contributed by atoms with Gasteiger partial charge in [-0.15, -0.1) is 0 Å². The Morgan fingerprint density at radius 1 is 1.50 bits per heavy atom. The minimum Gasteiger partial charge on any atom is -0.748 e. The predicted octanol–water partition coefficient (Wildman–Crippen LogP) is -7.27. The van der Waals surface area contributed by atoms with E-state index in [1.165, 1.54) is 0 Å². The zero-order valence-electron chi connectivity index (χ0n) is 6.07. The molecule has 10 heavy (non-hydrogen) atoms. The van der Waals surface area contributed by atoms with Gasteiger partial charge in [0.15, 0.2) is 0 Å². The molecular weight excluding hydrogens is 178 g/mol. The molecule has 0 rings (SSSR count). The Morgan fingerprint density at radius 3 is 1.80 bits per heavy atom. The maximum absolute atomic E-state index is 9.69. The Bertz CT molecular complexity index is 152. The van der Waals surface area contributed by atoms with E-state index in [0.29, 0.717) is 0 Å². The summed E-state index contributed by atoms with van der Waals surface area (Å²) in [5.74, 6) is -0.812. The third kappa shape index (κ3) is 16.5. The van der Waals surface area contributed by atoms with E-state index in [4.69, 9.17) is 5.11 Å². The summed E-state index contributed by atoms with van der Waals surface area (Å²) in [7, 11) is -4.29. The Balaban J connectivity index is -0.000000245. The summed E-state index contributed by atoms with van der Waals surface area (Å²) in [4.78, 5) is 0. The third-order valence-corrected chi connectivity index (χ3v) is 1.19. The Kier molecular flexibility index (Phi) is 13.4. The summed E-state index contributed by atoms with van der Waals surface area (Å²) >= 11 is 0. The van der Waals surface area contributed by atoms with Crippen molar-refractivity contribution in [1.82, 2.24) is 0 Å². The van der Waals surface area contributed by atoms with E-state index in [2.05, 4.69) is 6.92 Å². The maximum atomic E-state index is 9.69. The Hall–Kier alpha value is 1.87. The van der Waals surface area contributed by atoms with Gasteiger partial charge in [0.25, 0.3) is 0 Å². The monoisotopic (exact) mass is 184 g/mol. The first-order valence-corrected chi connectivity index (χ1v) is 3.44. The fourth-order valence-corrected chi connectivity index (χ4v) is 0.707. The molecule has 0 bridgehead atoms. The molecule has 0 aliphatic carbocycles. The van der Waals surface area contributed by atoms with Gasteiger partial charge in [0, 0.05) is 5.75 Å². The van der Waals surface area contributed by atoms with Gasteiger partial charge in [-0.05, 0) is 0 Å². The van der Waals surface area contributed by atoms with Crippen molar-refractivity contribution in [3.05, 3.63) is 6.92 Å². The van der Waals surface area contributed by atoms with Gasteiger partial charge in [-0.25, -0.2) is 8.42 Å². The minimum atomic E-state index is -4.29. The fourth-order valence-electron chi connectivity index (χ4n) is 0.236. The van der Waals surface area contributed by atoms with Crippen molar-refractivity contribution < 1.29 is 77.2 Å². The summed E-state index contributed by atoms with van der Waals surface area (Å²) < 4.78 is 29.1. The quantitative estimate of drug-likeness (QED) is 0.263. The molecule has 0 aliphatic rings. The molecule has 0 aromatic carbocycles. The molecule has 1 unspecified atom stereocenters. The summed E-state index contributed by atoms with van der Waals surface area (Å²) in [6.07, 6.45) is -1.31. The molecule has 0 amide bonds. The topological polar surface area (TPSA) is 77.4 Å². The summed E-state index contributed by atoms with van der Waals surface area (Å²) in [5, 5.41) is 8.20. The molecule has 1 atom stereocenters. The van der Waals surface area contributed by atoms with Crippen LogP contribution >= 0.6 is 0 Å². The van der Waals surface area contributed by atoms with Crippen LogP contribution < -0.4 is 59.1 Å². The smallest absolute Gasteiger partial charge is 0.748 e. The zero-order valence-corrected chi connectivity index (χ0v) is 10.9. The molecule has 50 valence electrons. The van der Waals surface area contributed by atoms with Crippen LogP contribution in [-0.4, -0.2) is 29.9 Å². The molecule has 0 aromatic rings. The van der Waals surface area contributed by atoms with Crippen molar-refractivity contribution in [3.8, 4) is 0 Å². The third-order valence-electron chi connectivity index (χ3n) is 0.397. The molecule has 4 nitrogen and oxygen atoms in total. The van der Waals surface area contributed by atoms with Gasteiger partial charge in [-0.2, -0.15) is 0 Å². The van der Waals surface area contributed by atoms with E-state index < -0.39 is 22.0 Å². The zero-order chi connectivity index (χ0) is 6.78. The number of hydrogen-bond acceptors (Lipinski definition) is 4. The minimum absolute atomic E-state index is 0. The van der Waals surface area contributed by atoms with E-state index in [-0.39, 0.29) is 59.1 Å². The first kappa shape index (κ1) is 17.8. The molecular formula is C3H6Na2O4S. The maximum Gasteiger partial charge on any atom is 1.00 e. The van der Waals surface area contributed by atoms with Gasteiger partial charge < -0.3 is 16.6 Å². The van der Waals surface area contributed by atoms with E-state index in [0.717, 1.165) is 0 Å². The summed E-state index contributed by atoms with van der Waals surface area (Å²) in [5.41, 5.74) is 0. The molecule has 0 aliphatic heterocycles. The second kappa shape index (κ2) is 7.52. The van der Waals surface area contributed by atoms with Gasteiger partial charge >= 0.3 is 59.1 Å².